The Morgan fingerprint density at radius 1 is 1.07 bits per heavy atom. The molecule has 7 heteroatoms. The Morgan fingerprint density at radius 2 is 2.00 bits per heavy atom. The number of anilines is 1. The summed E-state index contributed by atoms with van der Waals surface area (Å²) in [6.07, 6.45) is 5.25. The van der Waals surface area contributed by atoms with Gasteiger partial charge in [-0.2, -0.15) is 10.4 Å². The molecule has 0 aliphatic heterocycles. The van der Waals surface area contributed by atoms with Gasteiger partial charge in [0.2, 0.25) is 0 Å². The summed E-state index contributed by atoms with van der Waals surface area (Å²) in [5.74, 6) is 0.712. The van der Waals surface area contributed by atoms with Gasteiger partial charge >= 0.3 is 0 Å². The maximum Gasteiger partial charge on any atom is 0.126 e. The van der Waals surface area contributed by atoms with Crippen LogP contribution >= 0.6 is 11.6 Å². The van der Waals surface area contributed by atoms with Crippen molar-refractivity contribution in [2.75, 3.05) is 5.32 Å². The van der Waals surface area contributed by atoms with Gasteiger partial charge in [0.15, 0.2) is 0 Å². The van der Waals surface area contributed by atoms with Gasteiger partial charge in [-0.25, -0.2) is 4.98 Å². The molecule has 0 atom stereocenters. The fourth-order valence-electron chi connectivity index (χ4n) is 2.82. The molecule has 6 nitrogen and oxygen atoms in total. The second-order valence-corrected chi connectivity index (χ2v) is 6.51. The van der Waals surface area contributed by atoms with E-state index in [9.17, 15) is 0 Å². The van der Waals surface area contributed by atoms with E-state index in [1.54, 1.807) is 30.7 Å². The lowest BCUT2D eigenvalue weighted by Crippen LogP contribution is -2.01. The van der Waals surface area contributed by atoms with E-state index >= 15 is 0 Å². The lowest BCUT2D eigenvalue weighted by molar-refractivity contribution is 0.976. The SMILES string of the molecule is N#Cc1ccc(-c2ccnc(NCc3cc(-c4cccnc4)[nH]n3)c2)c(Cl)c1. The van der Waals surface area contributed by atoms with Crippen molar-refractivity contribution in [2.24, 2.45) is 0 Å². The molecule has 2 N–H and O–H groups in total. The van der Waals surface area contributed by atoms with Gasteiger partial charge in [-0.3, -0.25) is 10.1 Å². The first kappa shape index (κ1) is 17.7. The number of halogens is 1. The van der Waals surface area contributed by atoms with Crippen molar-refractivity contribution < 1.29 is 0 Å². The van der Waals surface area contributed by atoms with Gasteiger partial charge < -0.3 is 5.32 Å². The molecule has 0 bridgehead atoms. The summed E-state index contributed by atoms with van der Waals surface area (Å²) >= 11 is 6.32. The zero-order valence-electron chi connectivity index (χ0n) is 14.7. The third-order valence-corrected chi connectivity index (χ3v) is 4.54. The number of pyridine rings is 2. The lowest BCUT2D eigenvalue weighted by Gasteiger charge is -2.08. The van der Waals surface area contributed by atoms with Crippen molar-refractivity contribution in [1.29, 1.82) is 5.26 Å². The Bertz CT molecular complexity index is 1150. The third-order valence-electron chi connectivity index (χ3n) is 4.22. The molecule has 0 radical (unpaired) electrons. The van der Waals surface area contributed by atoms with E-state index < -0.39 is 0 Å². The fourth-order valence-corrected chi connectivity index (χ4v) is 3.11. The average Bonchev–Trinajstić information content (AvgIpc) is 3.22. The summed E-state index contributed by atoms with van der Waals surface area (Å²) in [6, 6.07) is 17.0. The number of hydrogen-bond acceptors (Lipinski definition) is 5. The highest BCUT2D eigenvalue weighted by Gasteiger charge is 2.08. The van der Waals surface area contributed by atoms with E-state index in [1.807, 2.05) is 36.4 Å². The number of hydrogen-bond donors (Lipinski definition) is 2. The number of aromatic amines is 1. The van der Waals surface area contributed by atoms with Crippen molar-refractivity contribution in [2.45, 2.75) is 6.54 Å². The minimum Gasteiger partial charge on any atom is -0.364 e. The standard InChI is InChI=1S/C21H15ClN6/c22-19-8-14(11-23)3-4-18(19)15-5-7-25-21(9-15)26-13-17-10-20(28-27-17)16-2-1-6-24-12-16/h1-10,12H,13H2,(H,25,26)(H,27,28). The molecule has 4 rings (SSSR count). The van der Waals surface area contributed by atoms with Crippen LogP contribution in [0.3, 0.4) is 0 Å². The zero-order chi connectivity index (χ0) is 19.3. The monoisotopic (exact) mass is 386 g/mol. The molecule has 1 aromatic carbocycles. The summed E-state index contributed by atoms with van der Waals surface area (Å²) < 4.78 is 0. The Labute approximate surface area is 166 Å². The summed E-state index contributed by atoms with van der Waals surface area (Å²) in [5.41, 5.74) is 5.06. The molecule has 28 heavy (non-hydrogen) atoms. The highest BCUT2D eigenvalue weighted by atomic mass is 35.5. The van der Waals surface area contributed by atoms with E-state index in [-0.39, 0.29) is 0 Å². The van der Waals surface area contributed by atoms with Gasteiger partial charge in [-0.05, 0) is 48.0 Å². The second kappa shape index (κ2) is 7.91. The number of nitrogens with one attached hydrogen (secondary N) is 2. The summed E-state index contributed by atoms with van der Waals surface area (Å²) in [7, 11) is 0. The highest BCUT2D eigenvalue weighted by Crippen LogP contribution is 2.29. The van der Waals surface area contributed by atoms with E-state index in [0.29, 0.717) is 22.9 Å². The molecule has 4 aromatic rings. The Balaban J connectivity index is 1.49. The van der Waals surface area contributed by atoms with Crippen molar-refractivity contribution in [1.82, 2.24) is 20.2 Å². The quantitative estimate of drug-likeness (QED) is 0.520. The Kier molecular flexibility index (Phi) is 5.00. The Hall–Kier alpha value is -3.69. The van der Waals surface area contributed by atoms with Gasteiger partial charge in [0.05, 0.1) is 29.6 Å². The number of nitriles is 1. The molecule has 136 valence electrons. The molecular formula is C21H15ClN6. The predicted molar refractivity (Wildman–Crippen MR) is 109 cm³/mol. The van der Waals surface area contributed by atoms with E-state index in [2.05, 4.69) is 31.6 Å². The molecular weight excluding hydrogens is 372 g/mol. The van der Waals surface area contributed by atoms with Gasteiger partial charge in [0, 0.05) is 34.7 Å². The van der Waals surface area contributed by atoms with Crippen LogP contribution in [-0.4, -0.2) is 20.2 Å². The Morgan fingerprint density at radius 3 is 2.79 bits per heavy atom. The predicted octanol–water partition coefficient (Wildman–Crippen LogP) is 4.67. The molecule has 3 aromatic heterocycles. The highest BCUT2D eigenvalue weighted by molar-refractivity contribution is 6.33. The smallest absolute Gasteiger partial charge is 0.126 e. The van der Waals surface area contributed by atoms with Crippen molar-refractivity contribution >= 4 is 17.4 Å². The van der Waals surface area contributed by atoms with Crippen LogP contribution in [0.1, 0.15) is 11.3 Å². The minimum absolute atomic E-state index is 0.522. The molecule has 3 heterocycles. The molecule has 0 amide bonds. The van der Waals surface area contributed by atoms with Crippen LogP contribution in [0.2, 0.25) is 5.02 Å². The fraction of sp³-hybridized carbons (Fsp3) is 0.0476. The van der Waals surface area contributed by atoms with Crippen LogP contribution in [0.5, 0.6) is 0 Å². The van der Waals surface area contributed by atoms with Crippen LogP contribution in [0, 0.1) is 11.3 Å². The van der Waals surface area contributed by atoms with E-state index in [0.717, 1.165) is 28.1 Å². The molecule has 0 saturated heterocycles. The first-order valence-corrected chi connectivity index (χ1v) is 8.95. The molecule has 0 unspecified atom stereocenters. The normalized spacial score (nSPS) is 10.4. The van der Waals surface area contributed by atoms with Crippen LogP contribution in [0.15, 0.2) is 67.1 Å². The summed E-state index contributed by atoms with van der Waals surface area (Å²) in [5, 5.41) is 20.1. The van der Waals surface area contributed by atoms with Crippen molar-refractivity contribution in [3.63, 3.8) is 0 Å². The largest absolute Gasteiger partial charge is 0.364 e. The number of benzene rings is 1. The van der Waals surface area contributed by atoms with Crippen molar-refractivity contribution in [3.8, 4) is 28.5 Å². The molecule has 0 aliphatic rings. The first-order chi connectivity index (χ1) is 13.7. The number of H-pyrrole nitrogens is 1. The summed E-state index contributed by atoms with van der Waals surface area (Å²) in [6.45, 7) is 0.522. The molecule has 0 aliphatic carbocycles. The van der Waals surface area contributed by atoms with E-state index in [1.165, 1.54) is 0 Å². The third kappa shape index (κ3) is 3.85. The van der Waals surface area contributed by atoms with Gasteiger partial charge in [0.25, 0.3) is 0 Å². The van der Waals surface area contributed by atoms with Crippen molar-refractivity contribution in [3.05, 3.63) is 83.4 Å². The average molecular weight is 387 g/mol. The second-order valence-electron chi connectivity index (χ2n) is 6.10. The molecule has 0 spiro atoms. The number of aromatic nitrogens is 4. The number of nitrogens with zero attached hydrogens (tertiary/aromatic N) is 4. The van der Waals surface area contributed by atoms with Crippen LogP contribution in [0.4, 0.5) is 5.82 Å². The van der Waals surface area contributed by atoms with Gasteiger partial charge in [-0.1, -0.05) is 17.7 Å². The topological polar surface area (TPSA) is 90.3 Å². The van der Waals surface area contributed by atoms with Crippen LogP contribution in [-0.2, 0) is 6.54 Å². The van der Waals surface area contributed by atoms with Crippen LogP contribution < -0.4 is 5.32 Å². The zero-order valence-corrected chi connectivity index (χ0v) is 15.5. The maximum atomic E-state index is 8.98. The van der Waals surface area contributed by atoms with Crippen LogP contribution in [0.25, 0.3) is 22.4 Å². The van der Waals surface area contributed by atoms with Gasteiger partial charge in [-0.15, -0.1) is 0 Å². The number of rotatable bonds is 5. The van der Waals surface area contributed by atoms with E-state index in [4.69, 9.17) is 16.9 Å². The molecule has 0 fully saturated rings. The maximum absolute atomic E-state index is 8.98. The minimum atomic E-state index is 0.522. The van der Waals surface area contributed by atoms with Gasteiger partial charge in [0.1, 0.15) is 5.82 Å². The first-order valence-electron chi connectivity index (χ1n) is 8.57. The summed E-state index contributed by atoms with van der Waals surface area (Å²) in [4.78, 5) is 8.47. The molecule has 0 saturated carbocycles. The lowest BCUT2D eigenvalue weighted by atomic mass is 10.1.